The number of nitrogens with zero attached hydrogens (tertiary/aromatic N) is 3. The van der Waals surface area contributed by atoms with Gasteiger partial charge in [-0.25, -0.2) is 0 Å². The number of nitrogen functional groups attached to an aromatic ring is 1. The van der Waals surface area contributed by atoms with Crippen molar-refractivity contribution < 1.29 is 14.8 Å². The van der Waals surface area contributed by atoms with Crippen LogP contribution in [0.2, 0.25) is 5.02 Å². The van der Waals surface area contributed by atoms with Gasteiger partial charge in [0, 0.05) is 0 Å². The summed E-state index contributed by atoms with van der Waals surface area (Å²) < 4.78 is 0. The first kappa shape index (κ1) is 17.8. The minimum Gasteiger partial charge on any atom is -0.398 e. The summed E-state index contributed by atoms with van der Waals surface area (Å²) in [6, 6.07) is 9.20. The number of halogens is 1. The first-order valence-electron chi connectivity index (χ1n) is 5.80. The molecule has 11 heteroatoms. The summed E-state index contributed by atoms with van der Waals surface area (Å²) in [4.78, 5) is 28.1. The number of nitrogens with two attached hydrogens (primary N) is 1. The van der Waals surface area contributed by atoms with Gasteiger partial charge in [0.2, 0.25) is 0 Å². The Morgan fingerprint density at radius 3 is 1.35 bits per heavy atom. The number of hydrogen-bond acceptors (Lipinski definition) is 7. The third-order valence-electron chi connectivity index (χ3n) is 2.42. The monoisotopic (exact) mass is 340 g/mol. The van der Waals surface area contributed by atoms with Gasteiger partial charge in [-0.15, -0.1) is 0 Å². The molecule has 2 N–H and O–H groups in total. The van der Waals surface area contributed by atoms with E-state index in [1.54, 1.807) is 12.1 Å². The maximum absolute atomic E-state index is 10.3. The summed E-state index contributed by atoms with van der Waals surface area (Å²) in [5.41, 5.74) is 3.97. The van der Waals surface area contributed by atoms with Crippen molar-refractivity contribution in [3.63, 3.8) is 0 Å². The smallest absolute Gasteiger partial charge is 0.283 e. The molecule has 120 valence electrons. The Kier molecular flexibility index (Phi) is 5.92. The van der Waals surface area contributed by atoms with Crippen LogP contribution in [-0.2, 0) is 0 Å². The van der Waals surface area contributed by atoms with Crippen molar-refractivity contribution in [1.29, 1.82) is 0 Å². The molecule has 2 aromatic carbocycles. The highest BCUT2D eigenvalue weighted by Gasteiger charge is 2.21. The fraction of sp³-hybridized carbons (Fsp3) is 0. The van der Waals surface area contributed by atoms with Crippen molar-refractivity contribution in [3.8, 4) is 0 Å². The Morgan fingerprint density at radius 1 is 0.783 bits per heavy atom. The zero-order chi connectivity index (χ0) is 17.6. The number of hydrogen-bond donors (Lipinski definition) is 1. The van der Waals surface area contributed by atoms with Crippen LogP contribution in [-0.4, -0.2) is 14.8 Å². The van der Waals surface area contributed by atoms with E-state index in [1.807, 2.05) is 12.1 Å². The maximum Gasteiger partial charge on any atom is 0.283 e. The van der Waals surface area contributed by atoms with Crippen LogP contribution in [0.3, 0.4) is 0 Å². The molecule has 0 bridgehead atoms. The van der Waals surface area contributed by atoms with E-state index < -0.39 is 31.8 Å². The van der Waals surface area contributed by atoms with Crippen molar-refractivity contribution in [1.82, 2.24) is 0 Å². The van der Waals surface area contributed by atoms with Gasteiger partial charge in [-0.05, 0) is 12.1 Å². The molecule has 0 heterocycles. The first-order chi connectivity index (χ1) is 10.7. The van der Waals surface area contributed by atoms with Crippen molar-refractivity contribution in [3.05, 3.63) is 77.8 Å². The average Bonchev–Trinajstić information content (AvgIpc) is 2.50. The summed E-state index contributed by atoms with van der Waals surface area (Å²) >= 11 is 5.58. The molecular formula is C12H9ClN4O6. The lowest BCUT2D eigenvalue weighted by atomic mass is 10.2. The molecule has 0 unspecified atom stereocenters. The molecule has 0 aliphatic carbocycles. The van der Waals surface area contributed by atoms with Crippen LogP contribution in [0.1, 0.15) is 0 Å². The Bertz CT molecular complexity index is 667. The second-order valence-corrected chi connectivity index (χ2v) is 4.41. The van der Waals surface area contributed by atoms with Crippen LogP contribution in [0, 0.1) is 30.3 Å². The number of rotatable bonds is 3. The van der Waals surface area contributed by atoms with Gasteiger partial charge in [0.25, 0.3) is 17.1 Å². The predicted octanol–water partition coefficient (Wildman–Crippen LogP) is 3.33. The van der Waals surface area contributed by atoms with Crippen LogP contribution >= 0.6 is 11.6 Å². The Hall–Kier alpha value is -3.27. The summed E-state index contributed by atoms with van der Waals surface area (Å²) in [6.45, 7) is 0. The van der Waals surface area contributed by atoms with Gasteiger partial charge in [-0.1, -0.05) is 23.7 Å². The van der Waals surface area contributed by atoms with Gasteiger partial charge in [0.15, 0.2) is 0 Å². The lowest BCUT2D eigenvalue weighted by Gasteiger charge is -1.93. The van der Waals surface area contributed by atoms with E-state index >= 15 is 0 Å². The van der Waals surface area contributed by atoms with E-state index in [9.17, 15) is 30.3 Å². The standard InChI is InChI=1S/C6H6ClN.C6H3N3O6/c7-5-3-1-2-4-6(5)8;10-7(11)4-1-5(8(12)13)3-6(2-4)9(14)15/h1-4H,8H2;1-3H. The molecule has 2 rings (SSSR count). The molecule has 0 fully saturated rings. The highest BCUT2D eigenvalue weighted by atomic mass is 35.5. The lowest BCUT2D eigenvalue weighted by molar-refractivity contribution is -0.403. The van der Waals surface area contributed by atoms with Crippen molar-refractivity contribution in [2.75, 3.05) is 5.73 Å². The fourth-order valence-corrected chi connectivity index (χ4v) is 1.51. The molecule has 0 atom stereocenters. The van der Waals surface area contributed by atoms with Crippen LogP contribution in [0.5, 0.6) is 0 Å². The topological polar surface area (TPSA) is 155 Å². The normalized spacial score (nSPS) is 9.43. The molecule has 2 aromatic rings. The van der Waals surface area contributed by atoms with Gasteiger partial charge in [-0.3, -0.25) is 30.3 Å². The van der Waals surface area contributed by atoms with E-state index in [1.165, 1.54) is 0 Å². The van der Waals surface area contributed by atoms with Gasteiger partial charge in [0.05, 0.1) is 43.7 Å². The van der Waals surface area contributed by atoms with Crippen molar-refractivity contribution in [2.45, 2.75) is 0 Å². The number of anilines is 1. The van der Waals surface area contributed by atoms with Crippen LogP contribution in [0.15, 0.2) is 42.5 Å². The van der Waals surface area contributed by atoms with Crippen LogP contribution in [0.25, 0.3) is 0 Å². The number of non-ortho nitro benzene ring substituents is 3. The molecule has 0 aromatic heterocycles. The van der Waals surface area contributed by atoms with E-state index in [-0.39, 0.29) is 0 Å². The second kappa shape index (κ2) is 7.66. The van der Waals surface area contributed by atoms with E-state index in [0.29, 0.717) is 28.9 Å². The minimum absolute atomic E-state index is 0.618. The van der Waals surface area contributed by atoms with Crippen LogP contribution < -0.4 is 5.73 Å². The predicted molar refractivity (Wildman–Crippen MR) is 82.3 cm³/mol. The molecule has 23 heavy (non-hydrogen) atoms. The molecule has 0 aliphatic rings. The molecule has 0 amide bonds. The highest BCUT2D eigenvalue weighted by Crippen LogP contribution is 2.26. The quantitative estimate of drug-likeness (QED) is 0.510. The zero-order valence-electron chi connectivity index (χ0n) is 11.3. The summed E-state index contributed by atoms with van der Waals surface area (Å²) in [5.74, 6) is 0. The third kappa shape index (κ3) is 5.21. The van der Waals surface area contributed by atoms with Crippen LogP contribution in [0.4, 0.5) is 22.7 Å². The summed E-state index contributed by atoms with van der Waals surface area (Å²) in [6.07, 6.45) is 0. The first-order valence-corrected chi connectivity index (χ1v) is 6.18. The summed E-state index contributed by atoms with van der Waals surface area (Å²) in [5, 5.41) is 31.6. The minimum atomic E-state index is -0.931. The summed E-state index contributed by atoms with van der Waals surface area (Å²) in [7, 11) is 0. The molecule has 10 nitrogen and oxygen atoms in total. The van der Waals surface area contributed by atoms with Gasteiger partial charge in [0.1, 0.15) is 0 Å². The highest BCUT2D eigenvalue weighted by molar-refractivity contribution is 6.33. The van der Waals surface area contributed by atoms with E-state index in [0.717, 1.165) is 0 Å². The van der Waals surface area contributed by atoms with Gasteiger partial charge < -0.3 is 5.73 Å². The van der Waals surface area contributed by atoms with Gasteiger partial charge >= 0.3 is 0 Å². The molecule has 0 saturated heterocycles. The van der Waals surface area contributed by atoms with E-state index in [4.69, 9.17) is 17.3 Å². The third-order valence-corrected chi connectivity index (χ3v) is 2.77. The number of nitro benzene ring substituents is 3. The second-order valence-electron chi connectivity index (χ2n) is 4.00. The number of para-hydroxylation sites is 1. The SMILES string of the molecule is Nc1ccccc1Cl.O=[N+]([O-])c1cc([N+](=O)[O-])cc([N+](=O)[O-])c1. The Morgan fingerprint density at radius 2 is 1.13 bits per heavy atom. The Balaban J connectivity index is 0.000000277. The zero-order valence-corrected chi connectivity index (χ0v) is 12.0. The maximum atomic E-state index is 10.3. The molecule has 0 radical (unpaired) electrons. The van der Waals surface area contributed by atoms with Crippen molar-refractivity contribution >= 4 is 34.4 Å². The average molecular weight is 341 g/mol. The lowest BCUT2D eigenvalue weighted by Crippen LogP contribution is -1.96. The fourth-order valence-electron chi connectivity index (χ4n) is 1.37. The molecule has 0 saturated carbocycles. The van der Waals surface area contributed by atoms with Crippen molar-refractivity contribution in [2.24, 2.45) is 0 Å². The Labute approximate surface area is 133 Å². The molecule has 0 aliphatic heterocycles. The van der Waals surface area contributed by atoms with E-state index in [2.05, 4.69) is 0 Å². The van der Waals surface area contributed by atoms with Gasteiger partial charge in [-0.2, -0.15) is 0 Å². The molecule has 0 spiro atoms. The largest absolute Gasteiger partial charge is 0.398 e. The number of nitro groups is 3. The molecular weight excluding hydrogens is 332 g/mol. The number of benzene rings is 2.